The van der Waals surface area contributed by atoms with Crippen LogP contribution >= 0.6 is 0 Å². The van der Waals surface area contributed by atoms with Crippen LogP contribution in [0.4, 0.5) is 0 Å². The maximum atomic E-state index is 12.8. The fraction of sp³-hybridized carbons (Fsp3) is 0.350. The van der Waals surface area contributed by atoms with Gasteiger partial charge in [-0.05, 0) is 25.5 Å². The molecule has 0 saturated carbocycles. The Morgan fingerprint density at radius 3 is 2.72 bits per heavy atom. The zero-order valence-corrected chi connectivity index (χ0v) is 16.7. The molecule has 2 amide bonds. The first-order valence-corrected chi connectivity index (χ1v) is 9.48. The Bertz CT molecular complexity index is 1050. The molecule has 3 aromatic rings. The van der Waals surface area contributed by atoms with Crippen molar-refractivity contribution in [2.45, 2.75) is 39.5 Å². The molecule has 0 aliphatic carbocycles. The Morgan fingerprint density at radius 1 is 1.28 bits per heavy atom. The van der Waals surface area contributed by atoms with E-state index >= 15 is 0 Å². The van der Waals surface area contributed by atoms with E-state index in [9.17, 15) is 9.59 Å². The highest BCUT2D eigenvalue weighted by Crippen LogP contribution is 2.24. The topological polar surface area (TPSA) is 97.9 Å². The quantitative estimate of drug-likeness (QED) is 0.706. The summed E-state index contributed by atoms with van der Waals surface area (Å²) in [5.41, 5.74) is 3.83. The minimum absolute atomic E-state index is 0.00667. The third-order valence-corrected chi connectivity index (χ3v) is 5.12. The number of nitrogens with zero attached hydrogens (tertiary/aromatic N) is 6. The standard InChI is InChI=1S/C20H23N7O2/c1-13-9-17(25(3)23-13)19(28)21-10-16-18-12-26(11-15-7-5-4-6-8-15)20(29)14(2)27(18)24-22-16/h4-9,14H,10-12H2,1-3H3,(H,21,28). The molecule has 150 valence electrons. The van der Waals surface area contributed by atoms with Crippen molar-refractivity contribution in [1.29, 1.82) is 0 Å². The summed E-state index contributed by atoms with van der Waals surface area (Å²) in [4.78, 5) is 27.0. The van der Waals surface area contributed by atoms with E-state index in [0.29, 0.717) is 24.5 Å². The van der Waals surface area contributed by atoms with Crippen molar-refractivity contribution in [2.24, 2.45) is 7.05 Å². The van der Waals surface area contributed by atoms with E-state index in [2.05, 4.69) is 20.7 Å². The molecule has 9 nitrogen and oxygen atoms in total. The third kappa shape index (κ3) is 3.63. The summed E-state index contributed by atoms with van der Waals surface area (Å²) in [6.45, 7) is 4.82. The zero-order chi connectivity index (χ0) is 20.5. The predicted molar refractivity (Wildman–Crippen MR) is 105 cm³/mol. The van der Waals surface area contributed by atoms with Crippen LogP contribution in [-0.2, 0) is 31.5 Å². The van der Waals surface area contributed by atoms with Gasteiger partial charge in [-0.1, -0.05) is 35.5 Å². The number of rotatable bonds is 5. The number of nitrogens with one attached hydrogen (secondary N) is 1. The van der Waals surface area contributed by atoms with Crippen LogP contribution in [0.25, 0.3) is 0 Å². The second kappa shape index (κ2) is 7.50. The molecule has 9 heteroatoms. The third-order valence-electron chi connectivity index (χ3n) is 5.12. The summed E-state index contributed by atoms with van der Waals surface area (Å²) in [6, 6.07) is 11.2. The van der Waals surface area contributed by atoms with Crippen LogP contribution in [0.1, 0.15) is 46.1 Å². The highest BCUT2D eigenvalue weighted by molar-refractivity contribution is 5.92. The summed E-state index contributed by atoms with van der Waals surface area (Å²) in [5.74, 6) is -0.219. The lowest BCUT2D eigenvalue weighted by Crippen LogP contribution is -2.41. The second-order valence-corrected chi connectivity index (χ2v) is 7.26. The molecule has 0 bridgehead atoms. The number of benzene rings is 1. The van der Waals surface area contributed by atoms with Gasteiger partial charge in [0, 0.05) is 13.6 Å². The highest BCUT2D eigenvalue weighted by atomic mass is 16.2. The highest BCUT2D eigenvalue weighted by Gasteiger charge is 2.33. The first-order valence-electron chi connectivity index (χ1n) is 9.48. The van der Waals surface area contributed by atoms with Gasteiger partial charge in [0.1, 0.15) is 17.4 Å². The first-order chi connectivity index (χ1) is 13.9. The lowest BCUT2D eigenvalue weighted by Gasteiger charge is -2.31. The van der Waals surface area contributed by atoms with Gasteiger partial charge in [-0.3, -0.25) is 14.3 Å². The van der Waals surface area contributed by atoms with Crippen molar-refractivity contribution >= 4 is 11.8 Å². The van der Waals surface area contributed by atoms with Gasteiger partial charge in [0.05, 0.1) is 24.5 Å². The normalized spacial score (nSPS) is 16.0. The molecule has 1 unspecified atom stereocenters. The molecule has 1 aliphatic rings. The molecule has 0 radical (unpaired) electrons. The number of hydrogen-bond donors (Lipinski definition) is 1. The van der Waals surface area contributed by atoms with Crippen LogP contribution < -0.4 is 5.32 Å². The molecule has 1 atom stereocenters. The van der Waals surface area contributed by atoms with Crippen LogP contribution in [0.2, 0.25) is 0 Å². The molecule has 3 heterocycles. The Labute approximate surface area is 168 Å². The van der Waals surface area contributed by atoms with Crippen molar-refractivity contribution in [3.63, 3.8) is 0 Å². The summed E-state index contributed by atoms with van der Waals surface area (Å²) >= 11 is 0. The SMILES string of the molecule is Cc1cc(C(=O)NCc2nnn3c2CN(Cc2ccccc2)C(=O)C3C)n(C)n1. The minimum atomic E-state index is -0.431. The number of amides is 2. The summed E-state index contributed by atoms with van der Waals surface area (Å²) < 4.78 is 3.20. The Kier molecular flexibility index (Phi) is 4.87. The Balaban J connectivity index is 1.50. The van der Waals surface area contributed by atoms with Gasteiger partial charge in [0.25, 0.3) is 5.91 Å². The van der Waals surface area contributed by atoms with Crippen LogP contribution in [-0.4, -0.2) is 41.5 Å². The Hall–Kier alpha value is -3.49. The smallest absolute Gasteiger partial charge is 0.269 e. The average Bonchev–Trinajstić information content (AvgIpc) is 3.27. The van der Waals surface area contributed by atoms with Gasteiger partial charge in [0.2, 0.25) is 5.91 Å². The summed E-state index contributed by atoms with van der Waals surface area (Å²) in [6.07, 6.45) is 0. The fourth-order valence-electron chi connectivity index (χ4n) is 3.60. The predicted octanol–water partition coefficient (Wildman–Crippen LogP) is 1.35. The monoisotopic (exact) mass is 393 g/mol. The lowest BCUT2D eigenvalue weighted by atomic mass is 10.1. The maximum Gasteiger partial charge on any atom is 0.269 e. The minimum Gasteiger partial charge on any atom is -0.345 e. The van der Waals surface area contributed by atoms with Gasteiger partial charge in [-0.25, -0.2) is 4.68 Å². The van der Waals surface area contributed by atoms with Crippen molar-refractivity contribution < 1.29 is 9.59 Å². The molecule has 0 saturated heterocycles. The maximum absolute atomic E-state index is 12.8. The average molecular weight is 393 g/mol. The van der Waals surface area contributed by atoms with E-state index < -0.39 is 6.04 Å². The van der Waals surface area contributed by atoms with Crippen LogP contribution in [0.15, 0.2) is 36.4 Å². The van der Waals surface area contributed by atoms with E-state index in [0.717, 1.165) is 17.0 Å². The molecule has 0 spiro atoms. The zero-order valence-electron chi connectivity index (χ0n) is 16.7. The Morgan fingerprint density at radius 2 is 2.03 bits per heavy atom. The number of fused-ring (bicyclic) bond motifs is 1. The number of aryl methyl sites for hydroxylation is 2. The molecule has 1 N–H and O–H groups in total. The number of carbonyl (C=O) groups is 2. The molecular weight excluding hydrogens is 370 g/mol. The molecular formula is C20H23N7O2. The van der Waals surface area contributed by atoms with Crippen molar-refractivity contribution in [3.05, 3.63) is 64.7 Å². The molecule has 1 aromatic carbocycles. The van der Waals surface area contributed by atoms with Crippen molar-refractivity contribution in [2.75, 3.05) is 0 Å². The van der Waals surface area contributed by atoms with Gasteiger partial charge in [-0.2, -0.15) is 5.10 Å². The number of hydrogen-bond acceptors (Lipinski definition) is 5. The van der Waals surface area contributed by atoms with E-state index in [1.807, 2.05) is 44.2 Å². The molecule has 4 rings (SSSR count). The van der Waals surface area contributed by atoms with E-state index in [1.165, 1.54) is 0 Å². The molecule has 29 heavy (non-hydrogen) atoms. The fourth-order valence-corrected chi connectivity index (χ4v) is 3.60. The van der Waals surface area contributed by atoms with Crippen molar-refractivity contribution in [3.8, 4) is 0 Å². The van der Waals surface area contributed by atoms with Gasteiger partial charge >= 0.3 is 0 Å². The molecule has 0 fully saturated rings. The number of aromatic nitrogens is 5. The van der Waals surface area contributed by atoms with Crippen LogP contribution in [0.5, 0.6) is 0 Å². The summed E-state index contributed by atoms with van der Waals surface area (Å²) in [7, 11) is 1.73. The van der Waals surface area contributed by atoms with Crippen molar-refractivity contribution in [1.82, 2.24) is 35.0 Å². The first kappa shape index (κ1) is 18.9. The van der Waals surface area contributed by atoms with Crippen LogP contribution in [0.3, 0.4) is 0 Å². The summed E-state index contributed by atoms with van der Waals surface area (Å²) in [5, 5.41) is 15.4. The molecule has 2 aromatic heterocycles. The van der Waals surface area contributed by atoms with E-state index in [-0.39, 0.29) is 18.4 Å². The van der Waals surface area contributed by atoms with E-state index in [1.54, 1.807) is 27.4 Å². The van der Waals surface area contributed by atoms with E-state index in [4.69, 9.17) is 0 Å². The second-order valence-electron chi connectivity index (χ2n) is 7.26. The molecule has 1 aliphatic heterocycles. The van der Waals surface area contributed by atoms with Crippen LogP contribution in [0, 0.1) is 6.92 Å². The van der Waals surface area contributed by atoms with Gasteiger partial charge in [-0.15, -0.1) is 5.10 Å². The number of carbonyl (C=O) groups excluding carboxylic acids is 2. The van der Waals surface area contributed by atoms with Gasteiger partial charge < -0.3 is 10.2 Å². The van der Waals surface area contributed by atoms with Gasteiger partial charge in [0.15, 0.2) is 0 Å². The lowest BCUT2D eigenvalue weighted by molar-refractivity contribution is -0.138. The largest absolute Gasteiger partial charge is 0.345 e.